The standard InChI is InChI=1S/C15H23N3O3.HI/c1-16-15(17-10-9-14(19)21-4)18(2)11-12-7-5-6-8-13(12)20-3;/h5-8H,9-11H2,1-4H3,(H,16,17);1H. The minimum absolute atomic E-state index is 0. The Kier molecular flexibility index (Phi) is 10.3. The van der Waals surface area contributed by atoms with E-state index in [1.165, 1.54) is 7.11 Å². The Labute approximate surface area is 148 Å². The number of guanidine groups is 1. The minimum Gasteiger partial charge on any atom is -0.496 e. The molecule has 1 N–H and O–H groups in total. The molecule has 0 aliphatic carbocycles. The first-order chi connectivity index (χ1) is 10.1. The van der Waals surface area contributed by atoms with Crippen LogP contribution in [0.4, 0.5) is 0 Å². The van der Waals surface area contributed by atoms with E-state index in [4.69, 9.17) is 4.74 Å². The Balaban J connectivity index is 0.00000441. The van der Waals surface area contributed by atoms with Crippen LogP contribution in [-0.4, -0.2) is 51.7 Å². The number of hydrogen-bond acceptors (Lipinski definition) is 4. The third-order valence-corrected chi connectivity index (χ3v) is 3.01. The molecule has 1 aromatic rings. The summed E-state index contributed by atoms with van der Waals surface area (Å²) in [7, 11) is 6.67. The first-order valence-corrected chi connectivity index (χ1v) is 6.72. The number of aliphatic imine (C=N–C) groups is 1. The highest BCUT2D eigenvalue weighted by Crippen LogP contribution is 2.18. The van der Waals surface area contributed by atoms with E-state index >= 15 is 0 Å². The van der Waals surface area contributed by atoms with Crippen molar-refractivity contribution in [2.45, 2.75) is 13.0 Å². The van der Waals surface area contributed by atoms with Crippen molar-refractivity contribution >= 4 is 35.9 Å². The van der Waals surface area contributed by atoms with Crippen LogP contribution in [0.2, 0.25) is 0 Å². The van der Waals surface area contributed by atoms with Gasteiger partial charge >= 0.3 is 5.97 Å². The molecule has 1 aromatic carbocycles. The van der Waals surface area contributed by atoms with Gasteiger partial charge in [-0.25, -0.2) is 0 Å². The lowest BCUT2D eigenvalue weighted by Crippen LogP contribution is -2.39. The fraction of sp³-hybridized carbons (Fsp3) is 0.467. The normalized spacial score (nSPS) is 10.5. The second kappa shape index (κ2) is 11.1. The van der Waals surface area contributed by atoms with E-state index in [-0.39, 0.29) is 29.9 Å². The van der Waals surface area contributed by atoms with Gasteiger partial charge < -0.3 is 19.7 Å². The van der Waals surface area contributed by atoms with Crippen LogP contribution in [0.1, 0.15) is 12.0 Å². The number of esters is 1. The van der Waals surface area contributed by atoms with Crippen LogP contribution in [0, 0.1) is 0 Å². The van der Waals surface area contributed by atoms with E-state index in [1.54, 1.807) is 14.2 Å². The van der Waals surface area contributed by atoms with Gasteiger partial charge in [0.1, 0.15) is 5.75 Å². The molecular weight excluding hydrogens is 397 g/mol. The van der Waals surface area contributed by atoms with Gasteiger partial charge in [0.25, 0.3) is 0 Å². The number of benzene rings is 1. The van der Waals surface area contributed by atoms with Crippen molar-refractivity contribution in [3.05, 3.63) is 29.8 Å². The molecule has 0 aliphatic rings. The highest BCUT2D eigenvalue weighted by Gasteiger charge is 2.10. The van der Waals surface area contributed by atoms with Crippen molar-refractivity contribution in [2.75, 3.05) is 34.9 Å². The highest BCUT2D eigenvalue weighted by molar-refractivity contribution is 14.0. The van der Waals surface area contributed by atoms with Gasteiger partial charge in [0.05, 0.1) is 20.6 Å². The molecule has 0 fully saturated rings. The molecule has 0 bridgehead atoms. The molecule has 0 atom stereocenters. The van der Waals surface area contributed by atoms with Gasteiger partial charge in [-0.1, -0.05) is 18.2 Å². The van der Waals surface area contributed by atoms with Crippen molar-refractivity contribution in [1.82, 2.24) is 10.2 Å². The fourth-order valence-corrected chi connectivity index (χ4v) is 1.93. The maximum absolute atomic E-state index is 11.1. The molecule has 7 heteroatoms. The summed E-state index contributed by atoms with van der Waals surface area (Å²) in [5.41, 5.74) is 1.07. The number of ether oxygens (including phenoxy) is 2. The third kappa shape index (κ3) is 6.50. The summed E-state index contributed by atoms with van der Waals surface area (Å²) in [4.78, 5) is 17.3. The van der Waals surface area contributed by atoms with E-state index in [2.05, 4.69) is 15.0 Å². The summed E-state index contributed by atoms with van der Waals surface area (Å²) in [6.07, 6.45) is 0.304. The number of nitrogens with one attached hydrogen (secondary N) is 1. The van der Waals surface area contributed by atoms with Gasteiger partial charge in [-0.05, 0) is 6.07 Å². The second-order valence-electron chi connectivity index (χ2n) is 4.47. The summed E-state index contributed by atoms with van der Waals surface area (Å²) in [5, 5.41) is 3.13. The first-order valence-electron chi connectivity index (χ1n) is 6.72. The van der Waals surface area contributed by atoms with E-state index in [0.717, 1.165) is 11.3 Å². The number of carbonyl (C=O) groups excluding carboxylic acids is 1. The van der Waals surface area contributed by atoms with Gasteiger partial charge in [-0.15, -0.1) is 24.0 Å². The lowest BCUT2D eigenvalue weighted by atomic mass is 10.2. The molecule has 0 unspecified atom stereocenters. The molecule has 0 heterocycles. The molecule has 0 aliphatic heterocycles. The van der Waals surface area contributed by atoms with Gasteiger partial charge in [-0.3, -0.25) is 9.79 Å². The summed E-state index contributed by atoms with van der Waals surface area (Å²) in [6.45, 7) is 1.14. The Morgan fingerprint density at radius 2 is 2.00 bits per heavy atom. The highest BCUT2D eigenvalue weighted by atomic mass is 127. The summed E-state index contributed by atoms with van der Waals surface area (Å²) in [6, 6.07) is 7.85. The summed E-state index contributed by atoms with van der Waals surface area (Å²) < 4.78 is 9.94. The van der Waals surface area contributed by atoms with Gasteiger partial charge in [-0.2, -0.15) is 0 Å². The zero-order valence-corrected chi connectivity index (χ0v) is 15.8. The number of methoxy groups -OCH3 is 2. The fourth-order valence-electron chi connectivity index (χ4n) is 1.93. The van der Waals surface area contributed by atoms with Crippen molar-refractivity contribution in [3.63, 3.8) is 0 Å². The lowest BCUT2D eigenvalue weighted by molar-refractivity contribution is -0.140. The number of halogens is 1. The topological polar surface area (TPSA) is 63.2 Å². The van der Waals surface area contributed by atoms with Crippen LogP contribution in [0.15, 0.2) is 29.3 Å². The van der Waals surface area contributed by atoms with Crippen molar-refractivity contribution in [2.24, 2.45) is 4.99 Å². The zero-order valence-electron chi connectivity index (χ0n) is 13.5. The molecule has 0 aromatic heterocycles. The Bertz CT molecular complexity index is 495. The second-order valence-corrected chi connectivity index (χ2v) is 4.47. The van der Waals surface area contributed by atoms with E-state index < -0.39 is 0 Å². The smallest absolute Gasteiger partial charge is 0.307 e. The molecule has 0 radical (unpaired) electrons. The maximum atomic E-state index is 11.1. The summed E-state index contributed by atoms with van der Waals surface area (Å²) in [5.74, 6) is 1.31. The predicted octanol–water partition coefficient (Wildman–Crippen LogP) is 1.88. The largest absolute Gasteiger partial charge is 0.496 e. The number of rotatable bonds is 6. The molecular formula is C15H24IN3O3. The number of para-hydroxylation sites is 1. The van der Waals surface area contributed by atoms with Crippen LogP contribution in [-0.2, 0) is 16.1 Å². The van der Waals surface area contributed by atoms with Crippen molar-refractivity contribution in [3.8, 4) is 5.75 Å². The number of carbonyl (C=O) groups is 1. The first kappa shape index (κ1) is 20.5. The van der Waals surface area contributed by atoms with Gasteiger partial charge in [0.15, 0.2) is 5.96 Å². The Hall–Kier alpha value is -1.51. The molecule has 0 saturated carbocycles. The number of hydrogen-bond donors (Lipinski definition) is 1. The molecule has 0 saturated heterocycles. The molecule has 1 rings (SSSR count). The van der Waals surface area contributed by atoms with E-state index in [1.807, 2.05) is 36.2 Å². The average Bonchev–Trinajstić information content (AvgIpc) is 2.51. The molecule has 6 nitrogen and oxygen atoms in total. The average molecular weight is 421 g/mol. The predicted molar refractivity (Wildman–Crippen MR) is 97.9 cm³/mol. The molecule has 0 amide bonds. The van der Waals surface area contributed by atoms with E-state index in [9.17, 15) is 4.79 Å². The van der Waals surface area contributed by atoms with Crippen LogP contribution in [0.3, 0.4) is 0 Å². The molecule has 22 heavy (non-hydrogen) atoms. The summed E-state index contributed by atoms with van der Waals surface area (Å²) >= 11 is 0. The van der Waals surface area contributed by atoms with Crippen LogP contribution < -0.4 is 10.1 Å². The lowest BCUT2D eigenvalue weighted by Gasteiger charge is -2.23. The molecule has 124 valence electrons. The van der Waals surface area contributed by atoms with E-state index in [0.29, 0.717) is 25.5 Å². The van der Waals surface area contributed by atoms with Gasteiger partial charge in [0, 0.05) is 32.7 Å². The SMILES string of the molecule is CN=C(NCCC(=O)OC)N(C)Cc1ccccc1OC.I. The van der Waals surface area contributed by atoms with Gasteiger partial charge in [0.2, 0.25) is 0 Å². The van der Waals surface area contributed by atoms with Crippen LogP contribution in [0.5, 0.6) is 5.75 Å². The minimum atomic E-state index is -0.245. The van der Waals surface area contributed by atoms with Crippen molar-refractivity contribution < 1.29 is 14.3 Å². The Morgan fingerprint density at radius 1 is 1.32 bits per heavy atom. The zero-order chi connectivity index (χ0) is 15.7. The number of nitrogens with zero attached hydrogens (tertiary/aromatic N) is 2. The molecule has 0 spiro atoms. The van der Waals surface area contributed by atoms with Crippen molar-refractivity contribution in [1.29, 1.82) is 0 Å². The monoisotopic (exact) mass is 421 g/mol. The quantitative estimate of drug-likeness (QED) is 0.329. The third-order valence-electron chi connectivity index (χ3n) is 3.01. The Morgan fingerprint density at radius 3 is 2.59 bits per heavy atom. The maximum Gasteiger partial charge on any atom is 0.307 e. The van der Waals surface area contributed by atoms with Crippen LogP contribution >= 0.6 is 24.0 Å². The van der Waals surface area contributed by atoms with Crippen LogP contribution in [0.25, 0.3) is 0 Å².